The van der Waals surface area contributed by atoms with E-state index in [0.717, 1.165) is 13.0 Å². The van der Waals surface area contributed by atoms with Gasteiger partial charge in [-0.25, -0.2) is 0 Å². The fourth-order valence-corrected chi connectivity index (χ4v) is 2.66. The molecule has 4 nitrogen and oxygen atoms in total. The highest BCUT2D eigenvalue weighted by Crippen LogP contribution is 2.50. The molecule has 0 aliphatic heterocycles. The van der Waals surface area contributed by atoms with E-state index in [0.29, 0.717) is 17.8 Å². The number of rotatable bonds is 6. The molecule has 2 rings (SSSR count). The molecule has 0 heterocycles. The number of hydrogen-bond acceptors (Lipinski definition) is 2. The average molecular weight is 239 g/mol. The number of carboxylic acids is 1. The molecule has 2 aliphatic rings. The number of carboxylic acid groups (broad SMARTS) is 1. The van der Waals surface area contributed by atoms with Crippen molar-refractivity contribution in [1.82, 2.24) is 5.32 Å². The molecule has 2 N–H and O–H groups in total. The molecular formula is C13H21NO3. The van der Waals surface area contributed by atoms with Crippen molar-refractivity contribution < 1.29 is 14.7 Å². The molecule has 2 saturated carbocycles. The number of aliphatic carboxylic acids is 1. The number of carbonyl (C=O) groups excluding carboxylic acids is 1. The van der Waals surface area contributed by atoms with E-state index in [-0.39, 0.29) is 11.8 Å². The highest BCUT2D eigenvalue weighted by Gasteiger charge is 2.49. The highest BCUT2D eigenvalue weighted by atomic mass is 16.4. The first kappa shape index (κ1) is 12.4. The lowest BCUT2D eigenvalue weighted by molar-refractivity contribution is -0.140. The van der Waals surface area contributed by atoms with E-state index in [1.165, 1.54) is 12.8 Å². The third-order valence-electron chi connectivity index (χ3n) is 3.88. The van der Waals surface area contributed by atoms with Gasteiger partial charge in [-0.3, -0.25) is 9.59 Å². The van der Waals surface area contributed by atoms with Crippen LogP contribution in [0.2, 0.25) is 0 Å². The van der Waals surface area contributed by atoms with Gasteiger partial charge in [0, 0.05) is 6.54 Å². The summed E-state index contributed by atoms with van der Waals surface area (Å²) in [6.45, 7) is 5.12. The van der Waals surface area contributed by atoms with Gasteiger partial charge < -0.3 is 10.4 Å². The highest BCUT2D eigenvalue weighted by molar-refractivity contribution is 5.89. The summed E-state index contributed by atoms with van der Waals surface area (Å²) in [6, 6.07) is 0. The van der Waals surface area contributed by atoms with Crippen molar-refractivity contribution in [3.63, 3.8) is 0 Å². The zero-order valence-corrected chi connectivity index (χ0v) is 10.5. The fourth-order valence-electron chi connectivity index (χ4n) is 2.66. The smallest absolute Gasteiger partial charge is 0.307 e. The van der Waals surface area contributed by atoms with Crippen molar-refractivity contribution in [2.45, 2.75) is 39.5 Å². The quantitative estimate of drug-likeness (QED) is 0.740. The van der Waals surface area contributed by atoms with Crippen molar-refractivity contribution in [3.05, 3.63) is 0 Å². The molecule has 17 heavy (non-hydrogen) atoms. The lowest BCUT2D eigenvalue weighted by Gasteiger charge is -2.18. The first-order valence-electron chi connectivity index (χ1n) is 6.44. The summed E-state index contributed by atoms with van der Waals surface area (Å²) in [6.07, 6.45) is 4.05. The Hall–Kier alpha value is -1.06. The first-order valence-corrected chi connectivity index (χ1v) is 6.44. The standard InChI is InChI=1S/C13H21NO3/c1-8(2)6-13(3-4-13)7-14-11(15)9-5-10(9)12(16)17/h8-10H,3-7H2,1-2H3,(H,14,15)(H,16,17). The Balaban J connectivity index is 1.72. The Bertz CT molecular complexity index is 334. The second-order valence-corrected chi connectivity index (χ2v) is 6.10. The van der Waals surface area contributed by atoms with E-state index >= 15 is 0 Å². The molecule has 0 aromatic rings. The summed E-state index contributed by atoms with van der Waals surface area (Å²) < 4.78 is 0. The molecule has 2 atom stereocenters. The Morgan fingerprint density at radius 2 is 2.00 bits per heavy atom. The van der Waals surface area contributed by atoms with Gasteiger partial charge in [0.1, 0.15) is 0 Å². The van der Waals surface area contributed by atoms with Crippen LogP contribution in [0.5, 0.6) is 0 Å². The summed E-state index contributed by atoms with van der Waals surface area (Å²) >= 11 is 0. The first-order chi connectivity index (χ1) is 7.93. The minimum atomic E-state index is -0.839. The normalized spacial score (nSPS) is 28.9. The second-order valence-electron chi connectivity index (χ2n) is 6.10. The molecule has 0 spiro atoms. The average Bonchev–Trinajstić information content (AvgIpc) is 3.08. The van der Waals surface area contributed by atoms with Crippen LogP contribution in [0.25, 0.3) is 0 Å². The summed E-state index contributed by atoms with van der Waals surface area (Å²) in [7, 11) is 0. The monoisotopic (exact) mass is 239 g/mol. The largest absolute Gasteiger partial charge is 0.481 e. The summed E-state index contributed by atoms with van der Waals surface area (Å²) in [5, 5.41) is 11.7. The molecule has 0 aromatic carbocycles. The van der Waals surface area contributed by atoms with Crippen molar-refractivity contribution in [2.24, 2.45) is 23.2 Å². The Morgan fingerprint density at radius 3 is 2.41 bits per heavy atom. The topological polar surface area (TPSA) is 66.4 Å². The SMILES string of the molecule is CC(C)CC1(CNC(=O)C2CC2C(=O)O)CC1. The molecule has 0 bridgehead atoms. The van der Waals surface area contributed by atoms with Crippen molar-refractivity contribution in [2.75, 3.05) is 6.54 Å². The van der Waals surface area contributed by atoms with Crippen LogP contribution in [-0.4, -0.2) is 23.5 Å². The van der Waals surface area contributed by atoms with Gasteiger partial charge in [0.2, 0.25) is 5.91 Å². The molecule has 2 unspecified atom stereocenters. The molecule has 96 valence electrons. The van der Waals surface area contributed by atoms with Crippen LogP contribution >= 0.6 is 0 Å². The van der Waals surface area contributed by atoms with Crippen LogP contribution in [0.1, 0.15) is 39.5 Å². The van der Waals surface area contributed by atoms with Crippen molar-refractivity contribution in [3.8, 4) is 0 Å². The molecule has 0 saturated heterocycles. The van der Waals surface area contributed by atoms with Crippen LogP contribution in [0.4, 0.5) is 0 Å². The minimum Gasteiger partial charge on any atom is -0.481 e. The van der Waals surface area contributed by atoms with Gasteiger partial charge in [-0.05, 0) is 37.0 Å². The van der Waals surface area contributed by atoms with E-state index in [1.54, 1.807) is 0 Å². The summed E-state index contributed by atoms with van der Waals surface area (Å²) in [5.74, 6) is -0.958. The van der Waals surface area contributed by atoms with Crippen molar-refractivity contribution in [1.29, 1.82) is 0 Å². The van der Waals surface area contributed by atoms with Crippen LogP contribution in [-0.2, 0) is 9.59 Å². The maximum absolute atomic E-state index is 11.7. The van der Waals surface area contributed by atoms with Crippen LogP contribution < -0.4 is 5.32 Å². The van der Waals surface area contributed by atoms with Crippen LogP contribution in [0.3, 0.4) is 0 Å². The Kier molecular flexibility index (Phi) is 3.15. The third kappa shape index (κ3) is 2.99. The zero-order valence-electron chi connectivity index (χ0n) is 10.5. The minimum absolute atomic E-state index is 0.0626. The van der Waals surface area contributed by atoms with E-state index in [2.05, 4.69) is 19.2 Å². The van der Waals surface area contributed by atoms with Crippen molar-refractivity contribution >= 4 is 11.9 Å². The molecule has 0 radical (unpaired) electrons. The van der Waals surface area contributed by atoms with Gasteiger partial charge >= 0.3 is 5.97 Å². The van der Waals surface area contributed by atoms with Gasteiger partial charge in [0.05, 0.1) is 11.8 Å². The van der Waals surface area contributed by atoms with Gasteiger partial charge in [-0.1, -0.05) is 13.8 Å². The fraction of sp³-hybridized carbons (Fsp3) is 0.846. The van der Waals surface area contributed by atoms with Gasteiger partial charge in [-0.15, -0.1) is 0 Å². The predicted octanol–water partition coefficient (Wildman–Crippen LogP) is 1.65. The van der Waals surface area contributed by atoms with Gasteiger partial charge in [0.25, 0.3) is 0 Å². The molecular weight excluding hydrogens is 218 g/mol. The molecule has 1 amide bonds. The van der Waals surface area contributed by atoms with Crippen LogP contribution in [0.15, 0.2) is 0 Å². The van der Waals surface area contributed by atoms with E-state index in [9.17, 15) is 9.59 Å². The number of amides is 1. The number of nitrogens with one attached hydrogen (secondary N) is 1. The van der Waals surface area contributed by atoms with E-state index < -0.39 is 11.9 Å². The maximum Gasteiger partial charge on any atom is 0.307 e. The summed E-state index contributed by atoms with van der Waals surface area (Å²) in [5.41, 5.74) is 0.317. The molecule has 0 aromatic heterocycles. The lowest BCUT2D eigenvalue weighted by Crippen LogP contribution is -2.32. The third-order valence-corrected chi connectivity index (χ3v) is 3.88. The second kappa shape index (κ2) is 4.31. The maximum atomic E-state index is 11.7. The molecule has 2 fully saturated rings. The number of carbonyl (C=O) groups is 2. The van der Waals surface area contributed by atoms with Gasteiger partial charge in [-0.2, -0.15) is 0 Å². The lowest BCUT2D eigenvalue weighted by atomic mass is 9.94. The zero-order chi connectivity index (χ0) is 12.6. The Labute approximate surface area is 102 Å². The van der Waals surface area contributed by atoms with Crippen LogP contribution in [0, 0.1) is 23.2 Å². The molecule has 4 heteroatoms. The predicted molar refractivity (Wildman–Crippen MR) is 63.4 cm³/mol. The van der Waals surface area contributed by atoms with E-state index in [4.69, 9.17) is 5.11 Å². The Morgan fingerprint density at radius 1 is 1.35 bits per heavy atom. The van der Waals surface area contributed by atoms with E-state index in [1.807, 2.05) is 0 Å². The van der Waals surface area contributed by atoms with Gasteiger partial charge in [0.15, 0.2) is 0 Å². The number of hydrogen-bond donors (Lipinski definition) is 2. The summed E-state index contributed by atoms with van der Waals surface area (Å²) in [4.78, 5) is 22.4. The molecule has 2 aliphatic carbocycles.